The van der Waals surface area contributed by atoms with Gasteiger partial charge in [-0.3, -0.25) is 9.59 Å². The molecule has 28 heavy (non-hydrogen) atoms. The van der Waals surface area contributed by atoms with E-state index in [2.05, 4.69) is 20.4 Å². The van der Waals surface area contributed by atoms with Crippen molar-refractivity contribution in [2.75, 3.05) is 0 Å². The van der Waals surface area contributed by atoms with Gasteiger partial charge < -0.3 is 14.9 Å². The van der Waals surface area contributed by atoms with Crippen molar-refractivity contribution in [2.45, 2.75) is 65.2 Å². The van der Waals surface area contributed by atoms with E-state index in [0.717, 1.165) is 24.7 Å². The Labute approximate surface area is 167 Å². The van der Waals surface area contributed by atoms with Crippen molar-refractivity contribution in [3.8, 4) is 0 Å². The van der Waals surface area contributed by atoms with Crippen LogP contribution in [0.5, 0.6) is 0 Å². The van der Waals surface area contributed by atoms with Crippen molar-refractivity contribution in [1.29, 1.82) is 0 Å². The first kappa shape index (κ1) is 23.7. The molecule has 1 aliphatic heterocycles. The van der Waals surface area contributed by atoms with Crippen LogP contribution in [-0.2, 0) is 19.1 Å². The third-order valence-electron chi connectivity index (χ3n) is 5.39. The van der Waals surface area contributed by atoms with Gasteiger partial charge in [0.25, 0.3) is 0 Å². The molecule has 6 nitrogen and oxygen atoms in total. The molecule has 3 unspecified atom stereocenters. The van der Waals surface area contributed by atoms with Crippen LogP contribution in [-0.4, -0.2) is 28.1 Å². The van der Waals surface area contributed by atoms with E-state index in [-0.39, 0.29) is 18.8 Å². The fourth-order valence-electron chi connectivity index (χ4n) is 3.70. The molecule has 0 saturated heterocycles. The lowest BCUT2D eigenvalue weighted by atomic mass is 9.67. The molecule has 0 bridgehead atoms. The second kappa shape index (κ2) is 12.2. The molecular formula is C22H32O6. The Morgan fingerprint density at radius 1 is 1.29 bits per heavy atom. The number of carboxylic acid groups (broad SMARTS) is 2. The fraction of sp³-hybridized carbons (Fsp3) is 0.591. The van der Waals surface area contributed by atoms with Crippen molar-refractivity contribution in [3.63, 3.8) is 0 Å². The van der Waals surface area contributed by atoms with Crippen molar-refractivity contribution in [2.24, 2.45) is 17.8 Å². The number of carbonyl (C=O) groups excluding carboxylic acids is 1. The second-order valence-electron chi connectivity index (χ2n) is 7.48. The van der Waals surface area contributed by atoms with Gasteiger partial charge in [-0.25, -0.2) is 4.79 Å². The summed E-state index contributed by atoms with van der Waals surface area (Å²) in [4.78, 5) is 30.8. The van der Waals surface area contributed by atoms with Gasteiger partial charge in [0.15, 0.2) is 0 Å². The van der Waals surface area contributed by atoms with E-state index in [1.54, 1.807) is 6.08 Å². The average Bonchev–Trinajstić information content (AvgIpc) is 3.05. The van der Waals surface area contributed by atoms with Crippen molar-refractivity contribution in [1.82, 2.24) is 0 Å². The quantitative estimate of drug-likeness (QED) is 0.352. The lowest BCUT2D eigenvalue weighted by Crippen LogP contribution is -2.28. The molecule has 1 saturated carbocycles. The van der Waals surface area contributed by atoms with Crippen LogP contribution in [0.3, 0.4) is 0 Å². The maximum Gasteiger partial charge on any atom is 0.342 e. The Bertz CT molecular complexity index is 617. The molecule has 0 amide bonds. The third-order valence-corrected chi connectivity index (χ3v) is 5.39. The van der Waals surface area contributed by atoms with Crippen LogP contribution in [0.2, 0.25) is 0 Å². The van der Waals surface area contributed by atoms with E-state index in [0.29, 0.717) is 11.5 Å². The summed E-state index contributed by atoms with van der Waals surface area (Å²) in [5.74, 6) is -0.361. The fourth-order valence-corrected chi connectivity index (χ4v) is 3.70. The monoisotopic (exact) mass is 392 g/mol. The highest BCUT2D eigenvalue weighted by atomic mass is 16.5. The summed E-state index contributed by atoms with van der Waals surface area (Å²) in [7, 11) is 0. The van der Waals surface area contributed by atoms with Gasteiger partial charge in [0.1, 0.15) is 0 Å². The average molecular weight is 392 g/mol. The predicted octanol–water partition coefficient (Wildman–Crippen LogP) is 4.72. The number of unbranched alkanes of at least 4 members (excludes halogenated alkanes) is 1. The number of hydrogen-bond donors (Lipinski definition) is 2. The largest absolute Gasteiger partial charge is 0.481 e. The first-order valence-electron chi connectivity index (χ1n) is 9.95. The summed E-state index contributed by atoms with van der Waals surface area (Å²) in [6, 6.07) is 0. The molecule has 0 aromatic heterocycles. The van der Waals surface area contributed by atoms with Crippen LogP contribution in [0, 0.1) is 17.8 Å². The maximum absolute atomic E-state index is 11.5. The number of carboxylic acids is 2. The molecule has 0 aromatic rings. The second-order valence-corrected chi connectivity index (χ2v) is 7.48. The topological polar surface area (TPSA) is 101 Å². The zero-order chi connectivity index (χ0) is 21.1. The van der Waals surface area contributed by atoms with E-state index in [1.807, 2.05) is 6.08 Å². The van der Waals surface area contributed by atoms with E-state index < -0.39 is 11.9 Å². The minimum absolute atomic E-state index is 0.218. The smallest absolute Gasteiger partial charge is 0.342 e. The number of rotatable bonds is 8. The number of ether oxygens (including phenoxy) is 1. The van der Waals surface area contributed by atoms with E-state index >= 15 is 0 Å². The number of aliphatic carboxylic acids is 2. The molecule has 0 aromatic carbocycles. The number of allylic oxidation sites excluding steroid dienone is 2. The highest BCUT2D eigenvalue weighted by Crippen LogP contribution is 2.42. The van der Waals surface area contributed by atoms with Gasteiger partial charge in [0, 0.05) is 0 Å². The maximum atomic E-state index is 11.5. The van der Waals surface area contributed by atoms with Crippen LogP contribution < -0.4 is 0 Å². The van der Waals surface area contributed by atoms with Gasteiger partial charge >= 0.3 is 17.9 Å². The lowest BCUT2D eigenvalue weighted by molar-refractivity contribution is -0.143. The molecule has 1 aliphatic carbocycles. The van der Waals surface area contributed by atoms with Crippen LogP contribution >= 0.6 is 0 Å². The summed E-state index contributed by atoms with van der Waals surface area (Å²) in [5.41, 5.74) is 2.07. The summed E-state index contributed by atoms with van der Waals surface area (Å²) >= 11 is 0. The number of esters is 1. The number of cyclic esters (lactones) is 1. The summed E-state index contributed by atoms with van der Waals surface area (Å²) in [6.07, 6.45) is 11.8. The Hall–Kier alpha value is -2.37. The van der Waals surface area contributed by atoms with Crippen LogP contribution in [0.1, 0.15) is 65.2 Å². The highest BCUT2D eigenvalue weighted by Gasteiger charge is 2.32. The minimum Gasteiger partial charge on any atom is -0.481 e. The van der Waals surface area contributed by atoms with Crippen LogP contribution in [0.4, 0.5) is 0 Å². The zero-order valence-corrected chi connectivity index (χ0v) is 16.9. The molecule has 2 aliphatic rings. The molecule has 1 heterocycles. The van der Waals surface area contributed by atoms with Gasteiger partial charge in [-0.1, -0.05) is 44.9 Å². The normalized spacial score (nSPS) is 25.2. The molecular weight excluding hydrogens is 360 g/mol. The standard InChI is InChI=1S/C18H26O2.C4H6O4/c1-4-5-6-16-13(2)7-8-14(3)17(16)10-9-15-11-12-20-18(15)19;5-3(6)1-2-4(7)8/h9,11-13,16-17H,3-8,10H2,1-2H3;1-2H2,(H,5,6)(H,7,8)/b15-9+;. The molecule has 0 radical (unpaired) electrons. The number of carbonyl (C=O) groups is 3. The Morgan fingerprint density at radius 3 is 2.43 bits per heavy atom. The number of hydrogen-bond acceptors (Lipinski definition) is 4. The van der Waals surface area contributed by atoms with Crippen molar-refractivity contribution in [3.05, 3.63) is 36.1 Å². The molecule has 156 valence electrons. The first-order valence-corrected chi connectivity index (χ1v) is 9.95. The van der Waals surface area contributed by atoms with Gasteiger partial charge in [0.2, 0.25) is 0 Å². The highest BCUT2D eigenvalue weighted by molar-refractivity contribution is 5.94. The van der Waals surface area contributed by atoms with E-state index in [1.165, 1.54) is 37.5 Å². The lowest BCUT2D eigenvalue weighted by Gasteiger charge is -2.38. The van der Waals surface area contributed by atoms with Gasteiger partial charge in [0.05, 0.1) is 24.7 Å². The van der Waals surface area contributed by atoms with Crippen molar-refractivity contribution < 1.29 is 29.3 Å². The van der Waals surface area contributed by atoms with Gasteiger partial charge in [-0.05, 0) is 49.5 Å². The van der Waals surface area contributed by atoms with Gasteiger partial charge in [-0.2, -0.15) is 0 Å². The van der Waals surface area contributed by atoms with Crippen LogP contribution in [0.25, 0.3) is 0 Å². The van der Waals surface area contributed by atoms with E-state index in [9.17, 15) is 14.4 Å². The molecule has 6 heteroatoms. The Balaban J connectivity index is 0.000000416. The molecule has 0 spiro atoms. The summed E-state index contributed by atoms with van der Waals surface area (Å²) < 4.78 is 4.83. The molecule has 2 N–H and O–H groups in total. The Morgan fingerprint density at radius 2 is 1.93 bits per heavy atom. The summed E-state index contributed by atoms with van der Waals surface area (Å²) in [6.45, 7) is 8.91. The zero-order valence-electron chi connectivity index (χ0n) is 16.9. The van der Waals surface area contributed by atoms with Crippen LogP contribution in [0.15, 0.2) is 36.1 Å². The van der Waals surface area contributed by atoms with Gasteiger partial charge in [-0.15, -0.1) is 0 Å². The molecule has 2 rings (SSSR count). The molecule has 1 fully saturated rings. The summed E-state index contributed by atoms with van der Waals surface area (Å²) in [5, 5.41) is 15.8. The first-order chi connectivity index (χ1) is 13.3. The minimum atomic E-state index is -1.08. The van der Waals surface area contributed by atoms with E-state index in [4.69, 9.17) is 14.9 Å². The van der Waals surface area contributed by atoms with Crippen molar-refractivity contribution >= 4 is 17.9 Å². The molecule has 3 atom stereocenters. The SMILES string of the molecule is C=C1CCC(C)C(CCCC)C1C/C=C1\C=COC1=O.O=C(O)CCC(=O)O. The predicted molar refractivity (Wildman–Crippen MR) is 106 cm³/mol. The third kappa shape index (κ3) is 8.11. The Kier molecular flexibility index (Phi) is 10.3.